The molecule has 20 heavy (non-hydrogen) atoms. The van der Waals surface area contributed by atoms with E-state index in [9.17, 15) is 14.4 Å². The highest BCUT2D eigenvalue weighted by Gasteiger charge is 2.23. The molecule has 1 aromatic rings. The predicted octanol–water partition coefficient (Wildman–Crippen LogP) is 0.981. The van der Waals surface area contributed by atoms with Gasteiger partial charge in [-0.25, -0.2) is 9.59 Å². The van der Waals surface area contributed by atoms with E-state index in [0.29, 0.717) is 6.54 Å². The van der Waals surface area contributed by atoms with E-state index in [2.05, 4.69) is 21.2 Å². The first kappa shape index (κ1) is 16.4. The normalized spacial score (nSPS) is 11.7. The van der Waals surface area contributed by atoms with Crippen molar-refractivity contribution in [2.45, 2.75) is 19.0 Å². The van der Waals surface area contributed by atoms with Gasteiger partial charge in [0.15, 0.2) is 0 Å². The van der Waals surface area contributed by atoms with Gasteiger partial charge in [-0.1, -0.05) is 0 Å². The first-order valence-corrected chi connectivity index (χ1v) is 7.22. The van der Waals surface area contributed by atoms with Crippen LogP contribution in [0.15, 0.2) is 15.9 Å². The maximum Gasteiger partial charge on any atom is 0.326 e. The fourth-order valence-electron chi connectivity index (χ4n) is 1.40. The van der Waals surface area contributed by atoms with Crippen molar-refractivity contribution in [1.29, 1.82) is 0 Å². The van der Waals surface area contributed by atoms with Crippen molar-refractivity contribution in [1.82, 2.24) is 10.2 Å². The average molecular weight is 364 g/mol. The Labute approximate surface area is 127 Å². The Balaban J connectivity index is 2.59. The van der Waals surface area contributed by atoms with Gasteiger partial charge in [-0.15, -0.1) is 11.3 Å². The summed E-state index contributed by atoms with van der Waals surface area (Å²) in [6.07, 6.45) is -0.445. The van der Waals surface area contributed by atoms with Crippen molar-refractivity contribution in [3.8, 4) is 0 Å². The number of nitrogens with one attached hydrogen (secondary N) is 1. The van der Waals surface area contributed by atoms with E-state index in [1.165, 1.54) is 23.3 Å². The number of urea groups is 1. The van der Waals surface area contributed by atoms with E-state index in [0.717, 1.165) is 9.35 Å². The van der Waals surface area contributed by atoms with E-state index in [1.54, 1.807) is 0 Å². The molecule has 1 heterocycles. The second-order valence-corrected chi connectivity index (χ2v) is 6.01. The predicted molar refractivity (Wildman–Crippen MR) is 77.3 cm³/mol. The van der Waals surface area contributed by atoms with Gasteiger partial charge in [0, 0.05) is 21.8 Å². The average Bonchev–Trinajstić information content (AvgIpc) is 2.72. The number of nitrogens with zero attached hydrogens (tertiary/aromatic N) is 1. The molecule has 0 aliphatic carbocycles. The maximum absolute atomic E-state index is 11.8. The molecule has 1 aromatic heterocycles. The summed E-state index contributed by atoms with van der Waals surface area (Å²) in [4.78, 5) is 35.8. The van der Waals surface area contributed by atoms with Gasteiger partial charge < -0.3 is 21.1 Å². The Hall–Kier alpha value is -1.61. The Bertz CT molecular complexity index is 520. The van der Waals surface area contributed by atoms with Crippen LogP contribution in [0.2, 0.25) is 0 Å². The minimum Gasteiger partial charge on any atom is -0.480 e. The molecule has 9 heteroatoms. The van der Waals surface area contributed by atoms with E-state index >= 15 is 0 Å². The third-order valence-electron chi connectivity index (χ3n) is 2.36. The van der Waals surface area contributed by atoms with Crippen LogP contribution in [-0.2, 0) is 16.1 Å². The minimum absolute atomic E-state index is 0.338. The molecule has 0 fully saturated rings. The number of nitrogens with two attached hydrogens (primary N) is 1. The van der Waals surface area contributed by atoms with Gasteiger partial charge in [0.05, 0.1) is 13.0 Å². The van der Waals surface area contributed by atoms with Crippen molar-refractivity contribution in [2.75, 3.05) is 7.05 Å². The minimum atomic E-state index is -1.32. The molecule has 110 valence electrons. The fourth-order valence-corrected chi connectivity index (χ4v) is 2.91. The highest BCUT2D eigenvalue weighted by Crippen LogP contribution is 2.20. The van der Waals surface area contributed by atoms with Gasteiger partial charge in [-0.3, -0.25) is 4.79 Å². The Morgan fingerprint density at radius 2 is 2.20 bits per heavy atom. The number of hydrogen-bond acceptors (Lipinski definition) is 4. The van der Waals surface area contributed by atoms with E-state index < -0.39 is 30.4 Å². The molecule has 7 nitrogen and oxygen atoms in total. The van der Waals surface area contributed by atoms with E-state index in [1.807, 2.05) is 11.4 Å². The fraction of sp³-hybridized carbons (Fsp3) is 0.364. The number of carbonyl (C=O) groups excluding carboxylic acids is 2. The highest BCUT2D eigenvalue weighted by molar-refractivity contribution is 9.10. The van der Waals surface area contributed by atoms with Gasteiger partial charge in [0.25, 0.3) is 0 Å². The topological polar surface area (TPSA) is 113 Å². The van der Waals surface area contributed by atoms with Gasteiger partial charge >= 0.3 is 12.0 Å². The first-order valence-electron chi connectivity index (χ1n) is 5.55. The summed E-state index contributed by atoms with van der Waals surface area (Å²) in [7, 11) is 1.53. The Kier molecular flexibility index (Phi) is 5.96. The molecule has 0 saturated carbocycles. The highest BCUT2D eigenvalue weighted by atomic mass is 79.9. The molecule has 0 radical (unpaired) electrons. The van der Waals surface area contributed by atoms with Crippen molar-refractivity contribution >= 4 is 45.2 Å². The number of carbonyl (C=O) groups is 3. The Morgan fingerprint density at radius 3 is 2.65 bits per heavy atom. The van der Waals surface area contributed by atoms with Crippen LogP contribution < -0.4 is 11.1 Å². The molecule has 0 spiro atoms. The first-order chi connectivity index (χ1) is 9.29. The van der Waals surface area contributed by atoms with Gasteiger partial charge in [-0.05, 0) is 22.0 Å². The van der Waals surface area contributed by atoms with Crippen LogP contribution in [0.4, 0.5) is 4.79 Å². The Morgan fingerprint density at radius 1 is 1.55 bits per heavy atom. The standard InChI is InChI=1S/C11H14BrN3O4S/c1-15(4-7-2-6(12)5-20-7)11(19)14-8(10(17)18)3-9(13)16/h2,5,8H,3-4H2,1H3,(H2,13,16)(H,14,19)(H,17,18)/t8-/m0/s1. The van der Waals surface area contributed by atoms with Crippen molar-refractivity contribution < 1.29 is 19.5 Å². The number of primary amides is 1. The van der Waals surface area contributed by atoms with Gasteiger partial charge in [0.2, 0.25) is 5.91 Å². The summed E-state index contributed by atoms with van der Waals surface area (Å²) in [6.45, 7) is 0.338. The number of aliphatic carboxylic acids is 1. The maximum atomic E-state index is 11.8. The molecule has 0 aliphatic rings. The van der Waals surface area contributed by atoms with Crippen LogP contribution in [0.3, 0.4) is 0 Å². The number of thiophene rings is 1. The lowest BCUT2D eigenvalue weighted by atomic mass is 10.2. The molecular weight excluding hydrogens is 350 g/mol. The summed E-state index contributed by atoms with van der Waals surface area (Å²) in [5.41, 5.74) is 4.94. The lowest BCUT2D eigenvalue weighted by molar-refractivity contribution is -0.140. The lowest BCUT2D eigenvalue weighted by Gasteiger charge is -2.20. The van der Waals surface area contributed by atoms with Gasteiger partial charge in [-0.2, -0.15) is 0 Å². The number of carboxylic acids is 1. The molecule has 3 amide bonds. The number of halogens is 1. The van der Waals surface area contributed by atoms with E-state index in [4.69, 9.17) is 10.8 Å². The van der Waals surface area contributed by atoms with Crippen LogP contribution in [0.1, 0.15) is 11.3 Å². The molecule has 0 aliphatic heterocycles. The SMILES string of the molecule is CN(Cc1cc(Br)cs1)C(=O)N[C@@H](CC(N)=O)C(=O)O. The van der Waals surface area contributed by atoms with Crippen molar-refractivity contribution in [3.63, 3.8) is 0 Å². The third-order valence-corrected chi connectivity index (χ3v) is 4.04. The summed E-state index contributed by atoms with van der Waals surface area (Å²) in [6, 6.07) is -0.0345. The van der Waals surface area contributed by atoms with Crippen LogP contribution in [-0.4, -0.2) is 41.0 Å². The molecule has 1 rings (SSSR count). The lowest BCUT2D eigenvalue weighted by Crippen LogP contribution is -2.47. The smallest absolute Gasteiger partial charge is 0.326 e. The van der Waals surface area contributed by atoms with Crippen LogP contribution >= 0.6 is 27.3 Å². The number of hydrogen-bond donors (Lipinski definition) is 3. The van der Waals surface area contributed by atoms with Crippen LogP contribution in [0.25, 0.3) is 0 Å². The monoisotopic (exact) mass is 363 g/mol. The largest absolute Gasteiger partial charge is 0.480 e. The number of rotatable bonds is 6. The summed E-state index contributed by atoms with van der Waals surface area (Å²) in [5, 5.41) is 13.0. The van der Waals surface area contributed by atoms with Crippen LogP contribution in [0, 0.1) is 0 Å². The molecule has 1 atom stereocenters. The van der Waals surface area contributed by atoms with Crippen molar-refractivity contribution in [2.24, 2.45) is 5.73 Å². The molecular formula is C11H14BrN3O4S. The van der Waals surface area contributed by atoms with Gasteiger partial charge in [0.1, 0.15) is 6.04 Å². The summed E-state index contributed by atoms with van der Waals surface area (Å²) >= 11 is 4.78. The quantitative estimate of drug-likeness (QED) is 0.698. The second-order valence-electron chi connectivity index (χ2n) is 4.10. The zero-order valence-electron chi connectivity index (χ0n) is 10.6. The van der Waals surface area contributed by atoms with E-state index in [-0.39, 0.29) is 0 Å². The second kappa shape index (κ2) is 7.25. The zero-order chi connectivity index (χ0) is 15.3. The molecule has 0 unspecified atom stereocenters. The summed E-state index contributed by atoms with van der Waals surface area (Å²) < 4.78 is 0.920. The summed E-state index contributed by atoms with van der Waals surface area (Å²) in [5.74, 6) is -2.09. The molecule has 0 aromatic carbocycles. The molecule has 4 N–H and O–H groups in total. The molecule has 0 saturated heterocycles. The van der Waals surface area contributed by atoms with Crippen molar-refractivity contribution in [3.05, 3.63) is 20.8 Å². The third kappa shape index (κ3) is 5.17. The number of carboxylic acid groups (broad SMARTS) is 1. The molecule has 0 bridgehead atoms. The number of amides is 3. The van der Waals surface area contributed by atoms with Crippen LogP contribution in [0.5, 0.6) is 0 Å². The zero-order valence-corrected chi connectivity index (χ0v) is 13.0.